The van der Waals surface area contributed by atoms with Crippen LogP contribution in [-0.2, 0) is 10.0 Å². The predicted molar refractivity (Wildman–Crippen MR) is 68.3 cm³/mol. The van der Waals surface area contributed by atoms with Gasteiger partial charge in [0, 0.05) is 13.0 Å². The number of alkyl halides is 10. The molecule has 0 bridgehead atoms. The number of hydrogen-bond acceptors (Lipinski definition) is 3. The molecule has 0 atom stereocenters. The van der Waals surface area contributed by atoms with Gasteiger partial charge in [0.05, 0.1) is 27.7 Å². The third-order valence-electron chi connectivity index (χ3n) is 2.77. The normalized spacial score (nSPS) is 15.6. The first-order valence-electron chi connectivity index (χ1n) is 6.56. The molecule has 0 rings (SSSR count). The summed E-state index contributed by atoms with van der Waals surface area (Å²) in [5.41, 5.74) is 0. The van der Waals surface area contributed by atoms with Crippen molar-refractivity contribution in [3.8, 4) is 0 Å². The third-order valence-corrected chi connectivity index (χ3v) is 4.28. The van der Waals surface area contributed by atoms with E-state index in [1.54, 1.807) is 21.1 Å². The first kappa shape index (κ1) is 25.1. The van der Waals surface area contributed by atoms with E-state index >= 15 is 0 Å². The molecule has 26 heavy (non-hydrogen) atoms. The number of quaternary nitrogens is 1. The summed E-state index contributed by atoms with van der Waals surface area (Å²) in [6, 6.07) is -7.16. The van der Waals surface area contributed by atoms with Crippen LogP contribution >= 0.6 is 0 Å². The lowest BCUT2D eigenvalue weighted by Crippen LogP contribution is -2.67. The van der Waals surface area contributed by atoms with Gasteiger partial charge in [0.1, 0.15) is 0 Å². The van der Waals surface area contributed by atoms with Gasteiger partial charge in [-0.2, -0.15) is 43.9 Å². The first-order valence-corrected chi connectivity index (χ1v) is 8.05. The molecule has 0 aliphatic carbocycles. The number of hydrogen-bond donors (Lipinski definition) is 1. The van der Waals surface area contributed by atoms with Gasteiger partial charge in [-0.15, -0.1) is 0 Å². The van der Waals surface area contributed by atoms with E-state index < -0.39 is 45.4 Å². The Labute approximate surface area is 142 Å². The van der Waals surface area contributed by atoms with Crippen LogP contribution in [0.4, 0.5) is 43.9 Å². The van der Waals surface area contributed by atoms with Crippen molar-refractivity contribution < 1.29 is 56.8 Å². The smallest absolute Gasteiger partial charge is 0.331 e. The van der Waals surface area contributed by atoms with E-state index in [4.69, 9.17) is 0 Å². The second kappa shape index (κ2) is 7.27. The van der Waals surface area contributed by atoms with Gasteiger partial charge in [-0.25, -0.2) is 13.1 Å². The Bertz CT molecular complexity index is 565. The summed E-state index contributed by atoms with van der Waals surface area (Å²) in [5.74, 6) is 0. The highest BCUT2D eigenvalue weighted by Gasteiger charge is 2.79. The Kier molecular flexibility index (Phi) is 7.03. The summed E-state index contributed by atoms with van der Waals surface area (Å²) in [7, 11) is -1.79. The topological polar surface area (TPSA) is 49.4 Å². The van der Waals surface area contributed by atoms with Gasteiger partial charge in [0.15, 0.2) is 0 Å². The molecule has 1 N–H and O–H groups in total. The molecular weight excluding hydrogens is 416 g/mol. The van der Waals surface area contributed by atoms with Crippen LogP contribution in [0.2, 0.25) is 0 Å². The Morgan fingerprint density at radius 1 is 0.846 bits per heavy atom. The minimum absolute atomic E-state index is 0.141. The molecular formula is C10H16F10N3O2S+. The average molecular weight is 432 g/mol. The molecule has 0 unspecified atom stereocenters. The van der Waals surface area contributed by atoms with Crippen LogP contribution in [0.1, 0.15) is 6.42 Å². The lowest BCUT2D eigenvalue weighted by molar-refractivity contribution is -0.870. The summed E-state index contributed by atoms with van der Waals surface area (Å²) >= 11 is 0. The largest absolute Gasteiger partial charge is 0.472 e. The van der Waals surface area contributed by atoms with Crippen molar-refractivity contribution in [2.45, 2.75) is 30.3 Å². The maximum absolute atomic E-state index is 13.5. The highest BCUT2D eigenvalue weighted by molar-refractivity contribution is 7.90. The van der Waals surface area contributed by atoms with Gasteiger partial charge < -0.3 is 4.48 Å². The van der Waals surface area contributed by atoms with Crippen LogP contribution in [0.3, 0.4) is 0 Å². The average Bonchev–Trinajstić information content (AvgIpc) is 2.28. The van der Waals surface area contributed by atoms with E-state index in [9.17, 15) is 52.3 Å². The summed E-state index contributed by atoms with van der Waals surface area (Å²) in [5, 5.41) is -6.73. The van der Waals surface area contributed by atoms with Crippen LogP contribution in [0, 0.1) is 0 Å². The Hall–Kier alpha value is -0.870. The molecule has 0 amide bonds. The van der Waals surface area contributed by atoms with E-state index in [-0.39, 0.29) is 17.4 Å². The second-order valence-corrected chi connectivity index (χ2v) is 7.90. The Morgan fingerprint density at radius 3 is 1.54 bits per heavy atom. The summed E-state index contributed by atoms with van der Waals surface area (Å²) in [4.78, 5) is -3.75. The second-order valence-electron chi connectivity index (χ2n) is 6.09. The van der Waals surface area contributed by atoms with E-state index in [1.165, 1.54) is 0 Å². The molecule has 0 saturated heterocycles. The number of sulfonamides is 1. The molecule has 0 saturated carbocycles. The number of nitrogens with zero attached hydrogens (tertiary/aromatic N) is 2. The summed E-state index contributed by atoms with van der Waals surface area (Å²) in [6.07, 6.45) is -14.2. The quantitative estimate of drug-likeness (QED) is 0.278. The van der Waals surface area contributed by atoms with E-state index in [0.717, 1.165) is 4.72 Å². The van der Waals surface area contributed by atoms with Crippen molar-refractivity contribution >= 4 is 10.0 Å². The summed E-state index contributed by atoms with van der Waals surface area (Å²) < 4.78 is 151. The van der Waals surface area contributed by atoms with Crippen molar-refractivity contribution in [2.75, 3.05) is 34.2 Å². The number of nitrogens with one attached hydrogen (secondary N) is 1. The fourth-order valence-electron chi connectivity index (χ4n) is 1.60. The van der Waals surface area contributed by atoms with Crippen LogP contribution < -0.4 is 4.72 Å². The van der Waals surface area contributed by atoms with Crippen LogP contribution in [-0.4, -0.2) is 75.9 Å². The predicted octanol–water partition coefficient (Wildman–Crippen LogP) is 2.53. The standard InChI is InChI=1S/C10H16F10N3O2S/c1-23(2,3)6-4-5-21-26(24,25)8(13,14)7(11,12)22(9(15,16)17)10(18,19)20/h21H,4-6H2,1-3H3/q+1. The molecule has 0 aromatic carbocycles. The molecule has 0 aromatic rings. The van der Waals surface area contributed by atoms with Gasteiger partial charge in [-0.3, -0.25) is 0 Å². The van der Waals surface area contributed by atoms with Crippen molar-refractivity contribution in [1.29, 1.82) is 0 Å². The maximum atomic E-state index is 13.5. The van der Waals surface area contributed by atoms with Crippen LogP contribution in [0.5, 0.6) is 0 Å². The zero-order valence-electron chi connectivity index (χ0n) is 13.5. The van der Waals surface area contributed by atoms with Gasteiger partial charge in [-0.05, 0) is 0 Å². The van der Waals surface area contributed by atoms with Crippen LogP contribution in [0.25, 0.3) is 0 Å². The van der Waals surface area contributed by atoms with Crippen LogP contribution in [0.15, 0.2) is 0 Å². The fraction of sp³-hybridized carbons (Fsp3) is 1.00. The lowest BCUT2D eigenvalue weighted by atomic mass is 10.4. The van der Waals surface area contributed by atoms with Crippen molar-refractivity contribution in [2.24, 2.45) is 0 Å². The van der Waals surface area contributed by atoms with Gasteiger partial charge in [-0.1, -0.05) is 4.90 Å². The monoisotopic (exact) mass is 432 g/mol. The molecule has 0 spiro atoms. The SMILES string of the molecule is C[N+](C)(C)CCCNS(=O)(=O)C(F)(F)C(F)(F)N(C(F)(F)F)C(F)(F)F. The lowest BCUT2D eigenvalue weighted by Gasteiger charge is -2.36. The molecule has 16 heteroatoms. The molecule has 5 nitrogen and oxygen atoms in total. The molecule has 0 aromatic heterocycles. The molecule has 0 aliphatic heterocycles. The molecule has 0 heterocycles. The zero-order valence-corrected chi connectivity index (χ0v) is 14.3. The van der Waals surface area contributed by atoms with E-state index in [2.05, 4.69) is 0 Å². The molecule has 0 radical (unpaired) electrons. The molecule has 158 valence electrons. The minimum atomic E-state index is -7.16. The minimum Gasteiger partial charge on any atom is -0.331 e. The van der Waals surface area contributed by atoms with Gasteiger partial charge in [0.25, 0.3) is 10.0 Å². The van der Waals surface area contributed by atoms with Gasteiger partial charge in [0.2, 0.25) is 0 Å². The maximum Gasteiger partial charge on any atom is 0.472 e. The number of rotatable bonds is 8. The van der Waals surface area contributed by atoms with E-state index in [1.807, 2.05) is 0 Å². The fourth-order valence-corrected chi connectivity index (χ4v) is 2.61. The zero-order chi connectivity index (χ0) is 21.4. The number of halogens is 10. The Balaban J connectivity index is 5.66. The van der Waals surface area contributed by atoms with Crippen molar-refractivity contribution in [3.63, 3.8) is 0 Å². The van der Waals surface area contributed by atoms with Gasteiger partial charge >= 0.3 is 23.9 Å². The third kappa shape index (κ3) is 5.82. The first-order chi connectivity index (χ1) is 11.1. The van der Waals surface area contributed by atoms with Crippen molar-refractivity contribution in [3.05, 3.63) is 0 Å². The highest BCUT2D eigenvalue weighted by Crippen LogP contribution is 2.49. The Morgan fingerprint density at radius 2 is 1.23 bits per heavy atom. The molecule has 0 fully saturated rings. The highest BCUT2D eigenvalue weighted by atomic mass is 32.2. The van der Waals surface area contributed by atoms with Crippen molar-refractivity contribution in [1.82, 2.24) is 9.62 Å². The van der Waals surface area contributed by atoms with E-state index in [0.29, 0.717) is 0 Å². The molecule has 0 aliphatic rings. The summed E-state index contributed by atoms with van der Waals surface area (Å²) in [6.45, 7) is -0.761.